The number of nitrogens with one attached hydrogen (secondary N) is 1. The number of benzene rings is 1. The van der Waals surface area contributed by atoms with Crippen molar-refractivity contribution in [3.8, 4) is 0 Å². The molecule has 0 saturated carbocycles. The summed E-state index contributed by atoms with van der Waals surface area (Å²) in [4.78, 5) is 48.0. The molecule has 4 aliphatic rings. The minimum absolute atomic E-state index is 0.0568. The van der Waals surface area contributed by atoms with Crippen LogP contribution >= 0.6 is 0 Å². The fraction of sp³-hybridized carbons (Fsp3) is 0.522. The van der Waals surface area contributed by atoms with Gasteiger partial charge in [-0.2, -0.15) is 26.3 Å². The summed E-state index contributed by atoms with van der Waals surface area (Å²) in [7, 11) is 0. The summed E-state index contributed by atoms with van der Waals surface area (Å²) in [6.07, 6.45) is -12.6. The number of rotatable bonds is 4. The average Bonchev–Trinajstić information content (AvgIpc) is 3.43. The minimum atomic E-state index is -5.27. The highest BCUT2D eigenvalue weighted by Crippen LogP contribution is 2.46. The van der Waals surface area contributed by atoms with Gasteiger partial charge in [-0.15, -0.1) is 0 Å². The van der Waals surface area contributed by atoms with Crippen LogP contribution < -0.4 is 16.8 Å². The fourth-order valence-corrected chi connectivity index (χ4v) is 5.73. The van der Waals surface area contributed by atoms with Gasteiger partial charge in [0.15, 0.2) is 23.7 Å². The predicted molar refractivity (Wildman–Crippen MR) is 127 cm³/mol. The molecule has 1 spiro atoms. The second kappa shape index (κ2) is 9.18. The van der Waals surface area contributed by atoms with Crippen molar-refractivity contribution in [3.05, 3.63) is 34.9 Å². The highest BCUT2D eigenvalue weighted by atomic mass is 19.4. The third-order valence-electron chi connectivity index (χ3n) is 7.71. The molecule has 19 heteroatoms. The van der Waals surface area contributed by atoms with Crippen LogP contribution in [0.25, 0.3) is 0 Å². The van der Waals surface area contributed by atoms with Gasteiger partial charge in [0.2, 0.25) is 17.6 Å². The van der Waals surface area contributed by atoms with Crippen molar-refractivity contribution >= 4 is 29.7 Å². The number of hydrogen-bond donors (Lipinski definition) is 5. The number of esters is 1. The minimum Gasteiger partial charge on any atom is -0.451 e. The molecule has 1 aromatic rings. The lowest BCUT2D eigenvalue weighted by Gasteiger charge is -2.48. The van der Waals surface area contributed by atoms with E-state index >= 15 is 0 Å². The number of carbonyl (C=O) groups is 3. The Morgan fingerprint density at radius 3 is 2.38 bits per heavy atom. The van der Waals surface area contributed by atoms with E-state index < -0.39 is 101 Å². The molecule has 4 heterocycles. The topological polar surface area (TPSA) is 196 Å². The molecule has 0 bridgehead atoms. The summed E-state index contributed by atoms with van der Waals surface area (Å²) >= 11 is 0. The summed E-state index contributed by atoms with van der Waals surface area (Å²) in [6.45, 7) is 0.402. The summed E-state index contributed by atoms with van der Waals surface area (Å²) in [6, 6.07) is -2.48. The SMILES string of the molecule is CC1CC(=O)N(CC2N=C(N)N3C[C@H](OC(=O)c4cc(C(F)(F)F)ccc4C(F)(F)F)C(O)(O)C34NC(N)=N[C@@H]24)C1=O. The number of likely N-dealkylation sites (tertiary alicyclic amines) is 1. The molecule has 0 radical (unpaired) electrons. The van der Waals surface area contributed by atoms with Gasteiger partial charge in [0.25, 0.3) is 0 Å². The van der Waals surface area contributed by atoms with Gasteiger partial charge >= 0.3 is 18.3 Å². The number of amides is 2. The van der Waals surface area contributed by atoms with E-state index in [1.807, 2.05) is 0 Å². The molecular weight excluding hydrogens is 584 g/mol. The van der Waals surface area contributed by atoms with Crippen molar-refractivity contribution in [1.29, 1.82) is 0 Å². The number of halogens is 6. The van der Waals surface area contributed by atoms with Gasteiger partial charge < -0.3 is 36.6 Å². The first-order chi connectivity index (χ1) is 19.3. The van der Waals surface area contributed by atoms with E-state index in [-0.39, 0.29) is 30.6 Å². The van der Waals surface area contributed by atoms with Crippen molar-refractivity contribution in [2.45, 2.75) is 55.3 Å². The van der Waals surface area contributed by atoms with Gasteiger partial charge in [-0.05, 0) is 18.2 Å². The highest BCUT2D eigenvalue weighted by molar-refractivity contribution is 6.03. The van der Waals surface area contributed by atoms with E-state index in [1.165, 1.54) is 6.92 Å². The van der Waals surface area contributed by atoms with Crippen molar-refractivity contribution in [2.75, 3.05) is 13.1 Å². The zero-order valence-electron chi connectivity index (χ0n) is 21.4. The Morgan fingerprint density at radius 2 is 1.81 bits per heavy atom. The Bertz CT molecular complexity index is 1430. The van der Waals surface area contributed by atoms with Crippen LogP contribution in [0.5, 0.6) is 0 Å². The zero-order chi connectivity index (χ0) is 31.2. The first-order valence-electron chi connectivity index (χ1n) is 12.3. The van der Waals surface area contributed by atoms with Crippen molar-refractivity contribution < 1.29 is 55.7 Å². The predicted octanol–water partition coefficient (Wildman–Crippen LogP) is -0.679. The number of imide groups is 1. The second-order valence-electron chi connectivity index (χ2n) is 10.3. The van der Waals surface area contributed by atoms with Crippen molar-refractivity contribution in [2.24, 2.45) is 27.4 Å². The van der Waals surface area contributed by atoms with Crippen LogP contribution in [0.15, 0.2) is 28.2 Å². The molecule has 228 valence electrons. The Kier molecular flexibility index (Phi) is 6.42. The van der Waals surface area contributed by atoms with Gasteiger partial charge in [-0.25, -0.2) is 14.8 Å². The second-order valence-corrected chi connectivity index (χ2v) is 10.3. The molecule has 0 aliphatic carbocycles. The maximum Gasteiger partial charge on any atom is 0.417 e. The third-order valence-corrected chi connectivity index (χ3v) is 7.71. The van der Waals surface area contributed by atoms with E-state index in [1.54, 1.807) is 0 Å². The molecule has 2 saturated heterocycles. The number of nitrogens with two attached hydrogens (primary N) is 2. The Balaban J connectivity index is 1.49. The maximum atomic E-state index is 13.6. The Morgan fingerprint density at radius 1 is 1.14 bits per heavy atom. The van der Waals surface area contributed by atoms with Gasteiger partial charge in [-0.1, -0.05) is 6.92 Å². The Hall–Kier alpha value is -4.13. The normalized spacial score (nSPS) is 30.5. The van der Waals surface area contributed by atoms with Gasteiger partial charge in [0.1, 0.15) is 6.04 Å². The standard InChI is InChI=1S/C23H23F6N7O6/c1-8-4-14(37)35(16(8)38)6-12-15-20(34-18(30)33-15)21(40,41)13(7-36(20)19(31)32-12)42-17(39)10-5-9(22(24,25)26)2-3-11(10)23(27,28)29/h2-3,5,8,12-13,15,40-41H,4,6-7H2,1H3,(H2,31,32)(H3,30,33,34)/t8?,12?,13-,15-,20?/m0/s1. The molecule has 2 amide bonds. The lowest BCUT2D eigenvalue weighted by Crippen LogP contribution is -2.77. The lowest BCUT2D eigenvalue weighted by atomic mass is 9.85. The first kappa shape index (κ1) is 29.4. The van der Waals surface area contributed by atoms with E-state index in [0.717, 1.165) is 9.80 Å². The first-order valence-corrected chi connectivity index (χ1v) is 12.3. The van der Waals surface area contributed by atoms with Gasteiger partial charge in [0.05, 0.1) is 35.8 Å². The Labute approximate surface area is 231 Å². The molecule has 7 N–H and O–H groups in total. The van der Waals surface area contributed by atoms with Gasteiger partial charge in [-0.3, -0.25) is 14.5 Å². The molecule has 1 aromatic carbocycles. The molecular formula is C23H23F6N7O6. The van der Waals surface area contributed by atoms with Crippen LogP contribution in [-0.4, -0.2) is 92.4 Å². The van der Waals surface area contributed by atoms with Crippen LogP contribution in [0, 0.1) is 5.92 Å². The summed E-state index contributed by atoms with van der Waals surface area (Å²) in [5, 5.41) is 25.3. The van der Waals surface area contributed by atoms with Crippen LogP contribution in [0.1, 0.15) is 34.8 Å². The van der Waals surface area contributed by atoms with Crippen LogP contribution in [0.2, 0.25) is 0 Å². The monoisotopic (exact) mass is 607 g/mol. The lowest BCUT2D eigenvalue weighted by molar-refractivity contribution is -0.256. The zero-order valence-corrected chi connectivity index (χ0v) is 21.4. The fourth-order valence-electron chi connectivity index (χ4n) is 5.73. The molecule has 0 aromatic heterocycles. The molecule has 3 unspecified atom stereocenters. The van der Waals surface area contributed by atoms with Gasteiger partial charge in [0, 0.05) is 12.3 Å². The third kappa shape index (κ3) is 4.29. The average molecular weight is 607 g/mol. The number of aliphatic imine (C=N–C) groups is 2. The van der Waals surface area contributed by atoms with Crippen molar-refractivity contribution in [3.63, 3.8) is 0 Å². The molecule has 2 fully saturated rings. The number of ether oxygens (including phenoxy) is 1. The summed E-state index contributed by atoms with van der Waals surface area (Å²) < 4.78 is 85.5. The van der Waals surface area contributed by atoms with Crippen molar-refractivity contribution in [1.82, 2.24) is 15.1 Å². The smallest absolute Gasteiger partial charge is 0.417 e. The number of nitrogens with zero attached hydrogens (tertiary/aromatic N) is 4. The largest absolute Gasteiger partial charge is 0.451 e. The summed E-state index contributed by atoms with van der Waals surface area (Å²) in [5.74, 6) is -7.69. The van der Waals surface area contributed by atoms with E-state index in [4.69, 9.17) is 16.2 Å². The van der Waals surface area contributed by atoms with Crippen LogP contribution in [0.4, 0.5) is 26.3 Å². The number of carbonyl (C=O) groups excluding carboxylic acids is 3. The number of aliphatic hydroxyl groups is 2. The molecule has 42 heavy (non-hydrogen) atoms. The van der Waals surface area contributed by atoms with Crippen LogP contribution in [-0.2, 0) is 26.7 Å². The van der Waals surface area contributed by atoms with E-state index in [9.17, 15) is 50.9 Å². The van der Waals surface area contributed by atoms with E-state index in [2.05, 4.69) is 15.3 Å². The molecule has 4 aliphatic heterocycles. The molecule has 5 rings (SSSR count). The maximum absolute atomic E-state index is 13.6. The van der Waals surface area contributed by atoms with E-state index in [0.29, 0.717) is 0 Å². The quantitative estimate of drug-likeness (QED) is 0.127. The number of guanidine groups is 2. The highest BCUT2D eigenvalue weighted by Gasteiger charge is 2.74. The molecule has 13 nitrogen and oxygen atoms in total. The number of hydrogen-bond acceptors (Lipinski definition) is 12. The summed E-state index contributed by atoms with van der Waals surface area (Å²) in [5.41, 5.74) is 4.78. The van der Waals surface area contributed by atoms with Crippen LogP contribution in [0.3, 0.4) is 0 Å². The number of alkyl halides is 6. The molecule has 5 atom stereocenters.